The number of carboxylic acids is 1. The van der Waals surface area contributed by atoms with Gasteiger partial charge in [0.25, 0.3) is 0 Å². The number of amides is 1. The van der Waals surface area contributed by atoms with E-state index >= 15 is 0 Å². The summed E-state index contributed by atoms with van der Waals surface area (Å²) in [5.74, 6) is -0.906. The van der Waals surface area contributed by atoms with Crippen molar-refractivity contribution in [1.82, 2.24) is 0 Å². The predicted octanol–water partition coefficient (Wildman–Crippen LogP) is 4.83. The molecule has 0 aliphatic carbocycles. The maximum Gasteiger partial charge on any atom is 0.346 e. The lowest BCUT2D eigenvalue weighted by atomic mass is 9.92. The molecule has 0 saturated heterocycles. The average Bonchev–Trinajstić information content (AvgIpc) is 3.22. The highest BCUT2D eigenvalue weighted by atomic mass is 35.5. The molecule has 3 heterocycles. The molecule has 1 aromatic carbocycles. The third-order valence-electron chi connectivity index (χ3n) is 4.13. The molecule has 1 atom stereocenters. The number of thiophene rings is 1. The van der Waals surface area contributed by atoms with Gasteiger partial charge in [-0.05, 0) is 18.2 Å². The standard InChI is InChI=1S/C18H12ClNO4S/c19-11-5-2-1-4-9(11)14-15-16(25-17(14)18(22)23)10(8-13(21)20-15)12-6-3-7-24-12/h1-7,10H,8H2,(H,20,21)(H,22,23). The highest BCUT2D eigenvalue weighted by Crippen LogP contribution is 2.50. The van der Waals surface area contributed by atoms with Gasteiger partial charge in [-0.3, -0.25) is 4.79 Å². The molecule has 2 N–H and O–H groups in total. The third kappa shape index (κ3) is 2.63. The van der Waals surface area contributed by atoms with Crippen molar-refractivity contribution in [2.75, 3.05) is 5.32 Å². The van der Waals surface area contributed by atoms with Crippen molar-refractivity contribution in [3.63, 3.8) is 0 Å². The first-order chi connectivity index (χ1) is 12.1. The molecule has 1 aliphatic rings. The van der Waals surface area contributed by atoms with E-state index in [9.17, 15) is 14.7 Å². The Morgan fingerprint density at radius 1 is 1.28 bits per heavy atom. The quantitative estimate of drug-likeness (QED) is 0.688. The molecule has 0 fully saturated rings. The Labute approximate surface area is 151 Å². The zero-order chi connectivity index (χ0) is 17.6. The Kier molecular flexibility index (Phi) is 3.86. The van der Waals surface area contributed by atoms with Gasteiger partial charge < -0.3 is 14.8 Å². The fraction of sp³-hybridized carbons (Fsp3) is 0.111. The summed E-state index contributed by atoms with van der Waals surface area (Å²) in [7, 11) is 0. The number of hydrogen-bond acceptors (Lipinski definition) is 4. The van der Waals surface area contributed by atoms with Crippen LogP contribution in [-0.2, 0) is 4.79 Å². The van der Waals surface area contributed by atoms with Crippen LogP contribution in [0.25, 0.3) is 11.1 Å². The van der Waals surface area contributed by atoms with Crippen LogP contribution in [0.15, 0.2) is 47.1 Å². The monoisotopic (exact) mass is 373 g/mol. The van der Waals surface area contributed by atoms with Gasteiger partial charge in [0.2, 0.25) is 5.91 Å². The van der Waals surface area contributed by atoms with E-state index in [1.54, 1.807) is 42.7 Å². The summed E-state index contributed by atoms with van der Waals surface area (Å²) in [6.07, 6.45) is 1.75. The molecule has 1 amide bonds. The van der Waals surface area contributed by atoms with Crippen molar-refractivity contribution in [2.45, 2.75) is 12.3 Å². The SMILES string of the molecule is O=C1CC(c2ccco2)c2sc(C(=O)O)c(-c3ccccc3Cl)c2N1. The van der Waals surface area contributed by atoms with Crippen LogP contribution in [0.5, 0.6) is 0 Å². The van der Waals surface area contributed by atoms with Crippen molar-refractivity contribution in [2.24, 2.45) is 0 Å². The van der Waals surface area contributed by atoms with Crippen LogP contribution in [0.1, 0.15) is 32.6 Å². The van der Waals surface area contributed by atoms with Crippen LogP contribution in [-0.4, -0.2) is 17.0 Å². The molecule has 7 heteroatoms. The largest absolute Gasteiger partial charge is 0.477 e. The molecule has 4 rings (SSSR count). The first-order valence-corrected chi connectivity index (χ1v) is 8.74. The molecule has 5 nitrogen and oxygen atoms in total. The molecule has 2 aromatic heterocycles. The number of nitrogens with one attached hydrogen (secondary N) is 1. The number of furan rings is 1. The summed E-state index contributed by atoms with van der Waals surface area (Å²) in [6, 6.07) is 10.5. The zero-order valence-electron chi connectivity index (χ0n) is 12.8. The van der Waals surface area contributed by atoms with Gasteiger partial charge in [0.05, 0.1) is 17.9 Å². The summed E-state index contributed by atoms with van der Waals surface area (Å²) in [6.45, 7) is 0. The topological polar surface area (TPSA) is 79.5 Å². The van der Waals surface area contributed by atoms with Crippen LogP contribution in [0.2, 0.25) is 5.02 Å². The van der Waals surface area contributed by atoms with E-state index in [0.29, 0.717) is 27.6 Å². The summed E-state index contributed by atoms with van der Waals surface area (Å²) in [4.78, 5) is 25.0. The minimum atomic E-state index is -1.05. The van der Waals surface area contributed by atoms with E-state index in [1.165, 1.54) is 0 Å². The lowest BCUT2D eigenvalue weighted by molar-refractivity contribution is -0.116. The van der Waals surface area contributed by atoms with E-state index in [4.69, 9.17) is 16.0 Å². The second kappa shape index (κ2) is 6.06. The van der Waals surface area contributed by atoms with Crippen LogP contribution < -0.4 is 5.32 Å². The van der Waals surface area contributed by atoms with Crippen LogP contribution in [0, 0.1) is 0 Å². The van der Waals surface area contributed by atoms with E-state index in [2.05, 4.69) is 5.32 Å². The number of aromatic carboxylic acids is 1. The summed E-state index contributed by atoms with van der Waals surface area (Å²) in [5.41, 5.74) is 1.54. The number of hydrogen-bond donors (Lipinski definition) is 2. The zero-order valence-corrected chi connectivity index (χ0v) is 14.4. The van der Waals surface area contributed by atoms with Crippen LogP contribution >= 0.6 is 22.9 Å². The maximum absolute atomic E-state index is 12.3. The van der Waals surface area contributed by atoms with Crippen LogP contribution in [0.3, 0.4) is 0 Å². The minimum absolute atomic E-state index is 0.150. The Bertz CT molecular complexity index is 977. The third-order valence-corrected chi connectivity index (χ3v) is 5.75. The smallest absolute Gasteiger partial charge is 0.346 e. The van der Waals surface area contributed by atoms with Crippen molar-refractivity contribution < 1.29 is 19.1 Å². The van der Waals surface area contributed by atoms with Gasteiger partial charge in [0.15, 0.2) is 0 Å². The maximum atomic E-state index is 12.3. The first-order valence-electron chi connectivity index (χ1n) is 7.54. The molecule has 3 aromatic rings. The fourth-order valence-electron chi connectivity index (χ4n) is 3.08. The van der Waals surface area contributed by atoms with Crippen molar-refractivity contribution in [3.8, 4) is 11.1 Å². The summed E-state index contributed by atoms with van der Waals surface area (Å²) >= 11 is 7.44. The number of anilines is 1. The highest BCUT2D eigenvalue weighted by molar-refractivity contribution is 7.15. The Morgan fingerprint density at radius 3 is 2.76 bits per heavy atom. The molecule has 126 valence electrons. The van der Waals surface area contributed by atoms with Crippen molar-refractivity contribution in [3.05, 3.63) is 63.2 Å². The van der Waals surface area contributed by atoms with Gasteiger partial charge >= 0.3 is 5.97 Å². The molecule has 0 saturated carbocycles. The number of carbonyl (C=O) groups is 2. The second-order valence-electron chi connectivity index (χ2n) is 5.65. The van der Waals surface area contributed by atoms with E-state index in [1.807, 2.05) is 0 Å². The van der Waals surface area contributed by atoms with Crippen LogP contribution in [0.4, 0.5) is 5.69 Å². The van der Waals surface area contributed by atoms with Crippen molar-refractivity contribution in [1.29, 1.82) is 0 Å². The summed E-state index contributed by atoms with van der Waals surface area (Å²) in [5, 5.41) is 12.9. The Morgan fingerprint density at radius 2 is 2.08 bits per heavy atom. The lowest BCUT2D eigenvalue weighted by Crippen LogP contribution is -2.22. The van der Waals surface area contributed by atoms with E-state index in [-0.39, 0.29) is 23.1 Å². The molecule has 0 spiro atoms. The van der Waals surface area contributed by atoms with Crippen molar-refractivity contribution >= 4 is 40.5 Å². The summed E-state index contributed by atoms with van der Waals surface area (Å²) < 4.78 is 5.47. The van der Waals surface area contributed by atoms with Gasteiger partial charge in [0.1, 0.15) is 10.6 Å². The van der Waals surface area contributed by atoms with E-state index in [0.717, 1.165) is 16.2 Å². The van der Waals surface area contributed by atoms with Gasteiger partial charge in [-0.1, -0.05) is 29.8 Å². The van der Waals surface area contributed by atoms with Gasteiger partial charge in [-0.25, -0.2) is 4.79 Å². The minimum Gasteiger partial charge on any atom is -0.477 e. The molecule has 0 bridgehead atoms. The average molecular weight is 374 g/mol. The van der Waals surface area contributed by atoms with Gasteiger partial charge in [-0.2, -0.15) is 0 Å². The molecule has 25 heavy (non-hydrogen) atoms. The Hall–Kier alpha value is -2.57. The van der Waals surface area contributed by atoms with E-state index < -0.39 is 5.97 Å². The van der Waals surface area contributed by atoms with Gasteiger partial charge in [0, 0.05) is 27.4 Å². The molecular weight excluding hydrogens is 362 g/mol. The molecule has 0 radical (unpaired) electrons. The number of fused-ring (bicyclic) bond motifs is 1. The number of carbonyl (C=O) groups excluding carboxylic acids is 1. The molecule has 1 aliphatic heterocycles. The first kappa shape index (κ1) is 15.9. The number of benzene rings is 1. The normalized spacial score (nSPS) is 16.4. The Balaban J connectivity index is 1.99. The number of carboxylic acid groups (broad SMARTS) is 1. The van der Waals surface area contributed by atoms with Gasteiger partial charge in [-0.15, -0.1) is 11.3 Å². The molecular formula is C18H12ClNO4S. The fourth-order valence-corrected chi connectivity index (χ4v) is 4.53. The predicted molar refractivity (Wildman–Crippen MR) is 95.5 cm³/mol. The highest BCUT2D eigenvalue weighted by Gasteiger charge is 2.36. The molecule has 1 unspecified atom stereocenters. The lowest BCUT2D eigenvalue weighted by Gasteiger charge is -2.22. The second-order valence-corrected chi connectivity index (χ2v) is 7.11. The number of halogens is 1. The number of rotatable bonds is 3.